The van der Waals surface area contributed by atoms with Crippen molar-refractivity contribution in [3.8, 4) is 5.75 Å². The Morgan fingerprint density at radius 1 is 0.505 bits per heavy atom. The van der Waals surface area contributed by atoms with Gasteiger partial charge in [0.2, 0.25) is 0 Å². The number of aromatic nitrogens is 9. The molecule has 0 fully saturated rings. The van der Waals surface area contributed by atoms with Gasteiger partial charge in [-0.3, -0.25) is 19.7 Å². The number of fused-ring (bicyclic) bond motifs is 7. The number of carbonyl (C=O) groups is 1. The fraction of sp³-hybridized carbons (Fsp3) is 0.531. The SMILES string of the molecule is C.CC.CC.CC.CC.CC.CC.CC.CC(C)c1cc2c(s1)CNCC2.CC(C)c1ccc2ncsc2n1.CC(C)c1ccc2scnc2c1.CC(C)c1ccnc2c1OC(=O)C2.CC(C)c1ccnc2cnoc12.CC(C)c1cnc2[nH]c(=O)oc2c1.CC(C)c1nc2c(s1)CNCC2. The molecule has 0 spiro atoms. The van der Waals surface area contributed by atoms with Crippen molar-refractivity contribution in [1.82, 2.24) is 55.7 Å². The number of thiophene rings is 1. The van der Waals surface area contributed by atoms with E-state index in [1.165, 1.54) is 32.3 Å². The molecule has 0 bridgehead atoms. The van der Waals surface area contributed by atoms with E-state index in [0.29, 0.717) is 64.8 Å². The quantitative estimate of drug-likeness (QED) is 0.127. The Labute approximate surface area is 623 Å². The zero-order chi connectivity index (χ0) is 75.6. The number of carbonyl (C=O) groups excluding carboxylic acids is 1. The molecule has 0 saturated carbocycles. The van der Waals surface area contributed by atoms with Gasteiger partial charge >= 0.3 is 11.7 Å². The molecule has 1 aromatic carbocycles. The van der Waals surface area contributed by atoms with Gasteiger partial charge in [0.25, 0.3) is 0 Å². The Morgan fingerprint density at radius 3 is 1.70 bits per heavy atom. The van der Waals surface area contributed by atoms with Crippen LogP contribution in [-0.4, -0.2) is 64.1 Å². The number of H-pyrrole nitrogens is 1. The van der Waals surface area contributed by atoms with Crippen molar-refractivity contribution in [2.75, 3.05) is 13.1 Å². The Bertz CT molecular complexity index is 3830. The van der Waals surface area contributed by atoms with Gasteiger partial charge in [-0.2, -0.15) is 0 Å². The van der Waals surface area contributed by atoms with E-state index in [1.54, 1.807) is 62.8 Å². The summed E-state index contributed by atoms with van der Waals surface area (Å²) in [4.78, 5) is 59.8. The average Bonchev–Trinajstić information content (AvgIpc) is 1.71. The van der Waals surface area contributed by atoms with Gasteiger partial charge in [-0.25, -0.2) is 29.7 Å². The maximum absolute atomic E-state index is 11.0. The molecule has 560 valence electrons. The molecule has 0 aliphatic carbocycles. The fourth-order valence-electron chi connectivity index (χ4n) is 9.19. The van der Waals surface area contributed by atoms with Crippen LogP contribution in [0, 0.1) is 0 Å². The lowest BCUT2D eigenvalue weighted by Gasteiger charge is -2.10. The molecule has 101 heavy (non-hydrogen) atoms. The highest BCUT2D eigenvalue weighted by Gasteiger charge is 2.25. The number of esters is 1. The fourth-order valence-corrected chi connectivity index (χ4v) is 12.8. The number of pyridine rings is 4. The minimum atomic E-state index is -0.455. The first-order valence-corrected chi connectivity index (χ1v) is 40.0. The van der Waals surface area contributed by atoms with E-state index in [2.05, 4.69) is 177 Å². The van der Waals surface area contributed by atoms with Crippen LogP contribution in [0.4, 0.5) is 0 Å². The van der Waals surface area contributed by atoms with Gasteiger partial charge in [0.05, 0.1) is 55.8 Å². The van der Waals surface area contributed by atoms with Gasteiger partial charge in [-0.05, 0) is 114 Å². The summed E-state index contributed by atoms with van der Waals surface area (Å²) in [5.74, 6) is 3.60. The molecule has 11 aromatic rings. The molecule has 20 heteroatoms. The third kappa shape index (κ3) is 30.1. The number of hydrogen-bond acceptors (Lipinski definition) is 19. The van der Waals surface area contributed by atoms with E-state index in [0.717, 1.165) is 87.6 Å². The predicted molar refractivity (Wildman–Crippen MR) is 439 cm³/mol. The van der Waals surface area contributed by atoms with Gasteiger partial charge < -0.3 is 24.3 Å². The highest BCUT2D eigenvalue weighted by Crippen LogP contribution is 2.34. The number of benzene rings is 1. The number of ether oxygens (including phenoxy) is 1. The van der Waals surface area contributed by atoms with Gasteiger partial charge in [0.15, 0.2) is 22.6 Å². The Hall–Kier alpha value is -6.94. The van der Waals surface area contributed by atoms with Crippen LogP contribution in [0.2, 0.25) is 0 Å². The third-order valence-electron chi connectivity index (χ3n) is 14.3. The van der Waals surface area contributed by atoms with E-state index in [1.807, 2.05) is 161 Å². The van der Waals surface area contributed by atoms with Crippen LogP contribution in [-0.2, 0) is 37.1 Å². The lowest BCUT2D eigenvalue weighted by molar-refractivity contribution is -0.131. The smallest absolute Gasteiger partial charge is 0.418 e. The standard InChI is InChI=1S/C10H11NO2.C10H15NS.C10H11NS.C9H10N2O2.C9H10N2O.C9H14N2S.C9H10N2S.7C2H6.CH4/c1-6(2)7-3-4-11-8-5-9(12)13-10(7)8;1-7(2)9-5-8-3-4-11-6-10(8)12-9;1-7(2)8-3-4-10-9(5-8)11-6-12-10;1-5(2)6-3-7-8(10-4-6)11-9(12)13-7;1-6(2)7-3-4-10-8-5-11-12-9(7)8;1-6(2)9-11-7-3-4-10-5-8(7)12-9;1-6(2)7-3-4-8-9(11-7)12-5-10-8;7*1-2;/h3-4,6H,5H2,1-2H3;5,7,11H,3-4,6H2,1-2H3;3-7H,1-2H3;3-5H,1-2H3,(H,10,11,12);3-6H,1-2H3;6,10H,3-5H2,1-2H3;3-6H,1-2H3;7*1-2H3;1H4. The first-order valence-electron chi connectivity index (χ1n) is 36.6. The zero-order valence-corrected chi connectivity index (χ0v) is 69.2. The number of aromatic amines is 1. The third-order valence-corrected chi connectivity index (χ3v) is 18.7. The van der Waals surface area contributed by atoms with Crippen LogP contribution in [0.1, 0.15) is 307 Å². The van der Waals surface area contributed by atoms with E-state index in [-0.39, 0.29) is 13.4 Å². The van der Waals surface area contributed by atoms with E-state index in [4.69, 9.17) is 13.7 Å². The second kappa shape index (κ2) is 52.1. The van der Waals surface area contributed by atoms with Crippen LogP contribution in [0.15, 0.2) is 104 Å². The summed E-state index contributed by atoms with van der Waals surface area (Å²) in [6.07, 6.45) is 9.55. The van der Waals surface area contributed by atoms with Crippen LogP contribution in [0.3, 0.4) is 0 Å². The molecule has 3 N–H and O–H groups in total. The normalized spacial score (nSPS) is 11.7. The van der Waals surface area contributed by atoms with Crippen molar-refractivity contribution in [2.45, 2.75) is 275 Å². The molecule has 10 aromatic heterocycles. The number of hydrogen-bond donors (Lipinski definition) is 3. The Morgan fingerprint density at radius 2 is 1.11 bits per heavy atom. The summed E-state index contributed by atoms with van der Waals surface area (Å²) < 4.78 is 16.4. The maximum Gasteiger partial charge on any atom is 0.418 e. The van der Waals surface area contributed by atoms with Gasteiger partial charge in [0, 0.05) is 82.0 Å². The van der Waals surface area contributed by atoms with E-state index >= 15 is 0 Å². The molecular formula is C81H127N11O5S4. The first kappa shape index (κ1) is 94.1. The van der Waals surface area contributed by atoms with Gasteiger partial charge in [-0.15, -0.1) is 45.3 Å². The van der Waals surface area contributed by atoms with Gasteiger partial charge in [0.1, 0.15) is 10.3 Å². The molecule has 14 rings (SSSR count). The van der Waals surface area contributed by atoms with Gasteiger partial charge in [-0.1, -0.05) is 213 Å². The highest BCUT2D eigenvalue weighted by atomic mass is 32.1. The van der Waals surface area contributed by atoms with Crippen molar-refractivity contribution in [2.24, 2.45) is 0 Å². The van der Waals surface area contributed by atoms with Crippen LogP contribution < -0.4 is 21.1 Å². The summed E-state index contributed by atoms with van der Waals surface area (Å²) in [5.41, 5.74) is 18.1. The lowest BCUT2D eigenvalue weighted by Crippen LogP contribution is -2.22. The molecule has 16 nitrogen and oxygen atoms in total. The summed E-state index contributed by atoms with van der Waals surface area (Å²) >= 11 is 7.14. The van der Waals surface area contributed by atoms with Crippen molar-refractivity contribution in [1.29, 1.82) is 0 Å². The molecule has 0 atom stereocenters. The number of nitrogens with one attached hydrogen (secondary N) is 3. The van der Waals surface area contributed by atoms with Crippen molar-refractivity contribution < 1.29 is 18.5 Å². The second-order valence-electron chi connectivity index (χ2n) is 23.3. The van der Waals surface area contributed by atoms with Crippen molar-refractivity contribution >= 4 is 94.2 Å². The van der Waals surface area contributed by atoms with Crippen LogP contribution in [0.5, 0.6) is 5.75 Å². The predicted octanol–water partition coefficient (Wildman–Crippen LogP) is 24.1. The molecule has 0 amide bonds. The van der Waals surface area contributed by atoms with Crippen molar-refractivity contribution in [3.63, 3.8) is 0 Å². The van der Waals surface area contributed by atoms with E-state index < -0.39 is 5.76 Å². The first-order chi connectivity index (χ1) is 48.2. The number of rotatable bonds is 7. The number of nitrogens with zero attached hydrogens (tertiary/aromatic N) is 8. The molecule has 0 saturated heterocycles. The Kier molecular flexibility index (Phi) is 48.5. The number of thiazole rings is 3. The van der Waals surface area contributed by atoms with Crippen LogP contribution in [0.25, 0.3) is 42.9 Å². The summed E-state index contributed by atoms with van der Waals surface area (Å²) in [6, 6.07) is 18.7. The molecule has 0 radical (unpaired) electrons. The maximum atomic E-state index is 11.0. The summed E-state index contributed by atoms with van der Waals surface area (Å²) in [6.45, 7) is 62.5. The van der Waals surface area contributed by atoms with E-state index in [9.17, 15) is 9.59 Å². The van der Waals surface area contributed by atoms with Crippen molar-refractivity contribution in [3.05, 3.63) is 165 Å². The molecule has 3 aliphatic heterocycles. The zero-order valence-electron chi connectivity index (χ0n) is 65.9. The number of oxazole rings is 1. The highest BCUT2D eigenvalue weighted by molar-refractivity contribution is 7.17. The summed E-state index contributed by atoms with van der Waals surface area (Å²) in [7, 11) is 0. The molecular weight excluding hydrogens is 1340 g/mol. The second-order valence-corrected chi connectivity index (χ2v) is 27.3. The lowest BCUT2D eigenvalue weighted by atomic mass is 10.0. The molecule has 13 heterocycles. The summed E-state index contributed by atoms with van der Waals surface area (Å²) in [5, 5.41) is 11.8. The monoisotopic (exact) mass is 1460 g/mol. The van der Waals surface area contributed by atoms with Crippen LogP contribution >= 0.6 is 45.3 Å². The minimum absolute atomic E-state index is 0. The minimum Gasteiger partial charge on any atom is -0.424 e. The largest absolute Gasteiger partial charge is 0.424 e. The average molecular weight is 1460 g/mol. The molecule has 3 aliphatic rings. The molecule has 0 unspecified atom stereocenters. The topological polar surface area (TPSA) is 213 Å². The Balaban J connectivity index is 0.00000112.